The van der Waals surface area contributed by atoms with Crippen LogP contribution in [0.2, 0.25) is 0 Å². The van der Waals surface area contributed by atoms with E-state index in [4.69, 9.17) is 4.74 Å². The van der Waals surface area contributed by atoms with Crippen LogP contribution in [0.15, 0.2) is 23.2 Å². The van der Waals surface area contributed by atoms with Gasteiger partial charge in [-0.05, 0) is 25.5 Å². The molecule has 1 fully saturated rings. The van der Waals surface area contributed by atoms with Crippen molar-refractivity contribution in [1.82, 2.24) is 15.5 Å². The van der Waals surface area contributed by atoms with Gasteiger partial charge < -0.3 is 15.4 Å². The fourth-order valence-corrected chi connectivity index (χ4v) is 2.75. The van der Waals surface area contributed by atoms with Gasteiger partial charge >= 0.3 is 6.18 Å². The summed E-state index contributed by atoms with van der Waals surface area (Å²) in [5.41, 5.74) is 0. The zero-order valence-corrected chi connectivity index (χ0v) is 17.7. The van der Waals surface area contributed by atoms with Gasteiger partial charge in [0.2, 0.25) is 0 Å². The zero-order valence-electron chi connectivity index (χ0n) is 15.4. The molecule has 1 saturated heterocycles. The van der Waals surface area contributed by atoms with Gasteiger partial charge in [-0.15, -0.1) is 24.0 Å². The second kappa shape index (κ2) is 11.6. The SMILES string of the molecule is CCNC(=NCCOc1ccc(F)c(F)c1)NC1CCN(CC(F)(F)F)C1.I. The number of alkyl halides is 3. The maximum atomic E-state index is 13.1. The van der Waals surface area contributed by atoms with Crippen LogP contribution in [0, 0.1) is 11.6 Å². The number of ether oxygens (including phenoxy) is 1. The van der Waals surface area contributed by atoms with Gasteiger partial charge in [0.05, 0.1) is 13.1 Å². The van der Waals surface area contributed by atoms with Crippen molar-refractivity contribution < 1.29 is 26.7 Å². The van der Waals surface area contributed by atoms with Gasteiger partial charge in [-0.3, -0.25) is 4.90 Å². The molecule has 2 rings (SSSR count). The summed E-state index contributed by atoms with van der Waals surface area (Å²) in [4.78, 5) is 5.65. The smallest absolute Gasteiger partial charge is 0.401 e. The number of hydrogen-bond donors (Lipinski definition) is 2. The van der Waals surface area contributed by atoms with E-state index in [-0.39, 0.29) is 55.5 Å². The number of aliphatic imine (C=N–C) groups is 1. The first-order valence-corrected chi connectivity index (χ1v) is 8.68. The zero-order chi connectivity index (χ0) is 19.9. The first kappa shape index (κ1) is 24.7. The minimum Gasteiger partial charge on any atom is -0.492 e. The molecular formula is C17H24F5IN4O. The molecule has 0 bridgehead atoms. The maximum Gasteiger partial charge on any atom is 0.401 e. The van der Waals surface area contributed by atoms with Gasteiger partial charge in [0, 0.05) is 31.7 Å². The van der Waals surface area contributed by atoms with Crippen molar-refractivity contribution in [2.45, 2.75) is 25.6 Å². The molecule has 1 aromatic rings. The normalized spacial score (nSPS) is 17.9. The van der Waals surface area contributed by atoms with E-state index < -0.39 is 24.4 Å². The van der Waals surface area contributed by atoms with Crippen LogP contribution in [0.5, 0.6) is 5.75 Å². The number of hydrogen-bond acceptors (Lipinski definition) is 3. The third-order valence-electron chi connectivity index (χ3n) is 3.88. The summed E-state index contributed by atoms with van der Waals surface area (Å²) in [5, 5.41) is 6.13. The van der Waals surface area contributed by atoms with Crippen LogP contribution >= 0.6 is 24.0 Å². The van der Waals surface area contributed by atoms with E-state index in [1.54, 1.807) is 0 Å². The van der Waals surface area contributed by atoms with Crippen molar-refractivity contribution in [3.63, 3.8) is 0 Å². The fourth-order valence-electron chi connectivity index (χ4n) is 2.75. The average Bonchev–Trinajstić information content (AvgIpc) is 2.99. The van der Waals surface area contributed by atoms with Crippen molar-refractivity contribution in [3.05, 3.63) is 29.8 Å². The second-order valence-corrected chi connectivity index (χ2v) is 6.17. The molecule has 2 N–H and O–H groups in total. The molecule has 28 heavy (non-hydrogen) atoms. The second-order valence-electron chi connectivity index (χ2n) is 6.17. The lowest BCUT2D eigenvalue weighted by Crippen LogP contribution is -2.45. The van der Waals surface area contributed by atoms with E-state index in [0.717, 1.165) is 12.1 Å². The molecule has 0 spiro atoms. The molecule has 0 aromatic heterocycles. The van der Waals surface area contributed by atoms with Crippen LogP contribution in [0.4, 0.5) is 22.0 Å². The van der Waals surface area contributed by atoms with Gasteiger partial charge in [-0.1, -0.05) is 0 Å². The summed E-state index contributed by atoms with van der Waals surface area (Å²) >= 11 is 0. The standard InChI is InChI=1S/C17H23F5N4O.HI/c1-2-23-16(25-12-5-7-26(10-12)11-17(20,21)22)24-6-8-27-13-3-4-14(18)15(19)9-13;/h3-4,9,12H,2,5-8,10-11H2,1H3,(H2,23,24,25);1H. The van der Waals surface area contributed by atoms with Crippen LogP contribution in [-0.4, -0.2) is 62.4 Å². The fraction of sp³-hybridized carbons (Fsp3) is 0.588. The van der Waals surface area contributed by atoms with E-state index in [0.29, 0.717) is 25.5 Å². The van der Waals surface area contributed by atoms with Crippen LogP contribution in [0.3, 0.4) is 0 Å². The predicted octanol–water partition coefficient (Wildman–Crippen LogP) is 3.15. The Hall–Kier alpha value is -1.37. The lowest BCUT2D eigenvalue weighted by molar-refractivity contribution is -0.143. The molecule has 11 heteroatoms. The van der Waals surface area contributed by atoms with Crippen molar-refractivity contribution in [2.75, 3.05) is 39.3 Å². The summed E-state index contributed by atoms with van der Waals surface area (Å²) < 4.78 is 68.6. The molecule has 160 valence electrons. The number of halogens is 6. The first-order chi connectivity index (χ1) is 12.8. The third-order valence-corrected chi connectivity index (χ3v) is 3.88. The topological polar surface area (TPSA) is 48.9 Å². The molecule has 1 aromatic carbocycles. The molecule has 1 atom stereocenters. The maximum absolute atomic E-state index is 13.1. The molecule has 0 aliphatic carbocycles. The van der Waals surface area contributed by atoms with E-state index >= 15 is 0 Å². The number of benzene rings is 1. The van der Waals surface area contributed by atoms with E-state index in [2.05, 4.69) is 15.6 Å². The average molecular weight is 522 g/mol. The Morgan fingerprint density at radius 3 is 2.68 bits per heavy atom. The Balaban J connectivity index is 0.00000392. The van der Waals surface area contributed by atoms with Crippen LogP contribution in [0.1, 0.15) is 13.3 Å². The molecule has 0 amide bonds. The number of rotatable bonds is 7. The number of nitrogens with one attached hydrogen (secondary N) is 2. The van der Waals surface area contributed by atoms with E-state index in [9.17, 15) is 22.0 Å². The van der Waals surface area contributed by atoms with Gasteiger partial charge in [-0.25, -0.2) is 13.8 Å². The highest BCUT2D eigenvalue weighted by molar-refractivity contribution is 14.0. The predicted molar refractivity (Wildman–Crippen MR) is 107 cm³/mol. The molecule has 1 aliphatic rings. The van der Waals surface area contributed by atoms with Crippen molar-refractivity contribution in [1.29, 1.82) is 0 Å². The monoisotopic (exact) mass is 522 g/mol. The Labute approximate surface area is 177 Å². The van der Waals surface area contributed by atoms with Gasteiger partial charge in [-0.2, -0.15) is 13.2 Å². The minimum absolute atomic E-state index is 0. The summed E-state index contributed by atoms with van der Waals surface area (Å²) in [6, 6.07) is 3.12. The Morgan fingerprint density at radius 1 is 1.29 bits per heavy atom. The largest absolute Gasteiger partial charge is 0.492 e. The molecule has 1 aliphatic heterocycles. The highest BCUT2D eigenvalue weighted by atomic mass is 127. The van der Waals surface area contributed by atoms with E-state index in [1.165, 1.54) is 11.0 Å². The molecule has 0 saturated carbocycles. The van der Waals surface area contributed by atoms with Crippen molar-refractivity contribution in [2.24, 2.45) is 4.99 Å². The Morgan fingerprint density at radius 2 is 2.04 bits per heavy atom. The van der Waals surface area contributed by atoms with Crippen LogP contribution in [0.25, 0.3) is 0 Å². The number of nitrogens with zero attached hydrogens (tertiary/aromatic N) is 2. The lowest BCUT2D eigenvalue weighted by atomic mass is 10.3. The lowest BCUT2D eigenvalue weighted by Gasteiger charge is -2.19. The van der Waals surface area contributed by atoms with Gasteiger partial charge in [0.1, 0.15) is 12.4 Å². The minimum atomic E-state index is -4.20. The summed E-state index contributed by atoms with van der Waals surface area (Å²) in [6.07, 6.45) is -3.61. The van der Waals surface area contributed by atoms with Crippen molar-refractivity contribution >= 4 is 29.9 Å². The third kappa shape index (κ3) is 8.76. The summed E-state index contributed by atoms with van der Waals surface area (Å²) in [7, 11) is 0. The van der Waals surface area contributed by atoms with Crippen LogP contribution in [-0.2, 0) is 0 Å². The van der Waals surface area contributed by atoms with Gasteiger partial charge in [0.15, 0.2) is 17.6 Å². The Kier molecular flexibility index (Phi) is 10.2. The molecule has 5 nitrogen and oxygen atoms in total. The summed E-state index contributed by atoms with van der Waals surface area (Å²) in [5.74, 6) is -1.27. The van der Waals surface area contributed by atoms with Crippen LogP contribution < -0.4 is 15.4 Å². The molecular weight excluding hydrogens is 498 g/mol. The van der Waals surface area contributed by atoms with Gasteiger partial charge in [0.25, 0.3) is 0 Å². The highest BCUT2D eigenvalue weighted by Crippen LogP contribution is 2.20. The quantitative estimate of drug-likeness (QED) is 0.190. The number of guanidine groups is 1. The highest BCUT2D eigenvalue weighted by Gasteiger charge is 2.34. The molecule has 1 heterocycles. The van der Waals surface area contributed by atoms with E-state index in [1.807, 2.05) is 6.92 Å². The first-order valence-electron chi connectivity index (χ1n) is 8.68. The summed E-state index contributed by atoms with van der Waals surface area (Å²) in [6.45, 7) is 2.60. The number of likely N-dealkylation sites (tertiary alicyclic amines) is 1. The molecule has 1 unspecified atom stereocenters. The Bertz CT molecular complexity index is 644. The van der Waals surface area contributed by atoms with Crippen molar-refractivity contribution in [3.8, 4) is 5.75 Å². The molecule has 0 radical (unpaired) electrons.